The van der Waals surface area contributed by atoms with Gasteiger partial charge < -0.3 is 0 Å². The van der Waals surface area contributed by atoms with E-state index < -0.39 is 0 Å². The summed E-state index contributed by atoms with van der Waals surface area (Å²) in [5.74, 6) is 0. The van der Waals surface area contributed by atoms with Gasteiger partial charge in [0.2, 0.25) is 0 Å². The Bertz CT molecular complexity index is 1260. The van der Waals surface area contributed by atoms with Crippen LogP contribution in [0.25, 0.3) is 28.1 Å². The topological polar surface area (TPSA) is 60.7 Å². The summed E-state index contributed by atoms with van der Waals surface area (Å²) in [7, 11) is 0. The number of rotatable bonds is 3. The standard InChI is InChI=1S/C22H16N4O/c27-22-19-7-8-23-12-21(19)25-14-26(22)13-15-3-1-4-16(9-15)18-10-17-5-2-6-20(17)24-11-18/h1-5,7-12,14H,6,13H2. The summed E-state index contributed by atoms with van der Waals surface area (Å²) in [6.07, 6.45) is 11.9. The van der Waals surface area contributed by atoms with Crippen molar-refractivity contribution in [2.24, 2.45) is 0 Å². The first-order chi connectivity index (χ1) is 13.3. The van der Waals surface area contributed by atoms with E-state index in [1.54, 1.807) is 29.4 Å². The molecule has 0 amide bonds. The van der Waals surface area contributed by atoms with E-state index >= 15 is 0 Å². The van der Waals surface area contributed by atoms with Gasteiger partial charge in [0.15, 0.2) is 0 Å². The Morgan fingerprint density at radius 1 is 1.04 bits per heavy atom. The predicted octanol–water partition coefficient (Wildman–Crippen LogP) is 3.47. The van der Waals surface area contributed by atoms with E-state index in [9.17, 15) is 4.79 Å². The van der Waals surface area contributed by atoms with Crippen molar-refractivity contribution in [1.29, 1.82) is 0 Å². The largest absolute Gasteiger partial charge is 0.294 e. The van der Waals surface area contributed by atoms with Gasteiger partial charge in [0, 0.05) is 24.4 Å². The highest BCUT2D eigenvalue weighted by molar-refractivity contribution is 5.75. The van der Waals surface area contributed by atoms with Gasteiger partial charge in [0.1, 0.15) is 0 Å². The number of pyridine rings is 2. The minimum atomic E-state index is -0.0582. The smallest absolute Gasteiger partial charge is 0.261 e. The first-order valence-corrected chi connectivity index (χ1v) is 8.82. The van der Waals surface area contributed by atoms with Gasteiger partial charge in [0.05, 0.1) is 35.7 Å². The molecule has 5 rings (SSSR count). The van der Waals surface area contributed by atoms with E-state index in [0.717, 1.165) is 28.8 Å². The zero-order chi connectivity index (χ0) is 18.2. The number of fused-ring (bicyclic) bond motifs is 2. The van der Waals surface area contributed by atoms with Crippen LogP contribution in [0, 0.1) is 0 Å². The molecule has 1 aliphatic rings. The third kappa shape index (κ3) is 2.83. The third-order valence-corrected chi connectivity index (χ3v) is 4.85. The SMILES string of the molecule is O=c1c2ccncc2ncn1Cc1cccc(-c2cnc3c(c2)C=CC3)c1. The second-order valence-electron chi connectivity index (χ2n) is 6.64. The summed E-state index contributed by atoms with van der Waals surface area (Å²) in [5, 5.41) is 0.582. The lowest BCUT2D eigenvalue weighted by Gasteiger charge is -2.09. The molecule has 0 bridgehead atoms. The van der Waals surface area contributed by atoms with Crippen molar-refractivity contribution in [2.75, 3.05) is 0 Å². The lowest BCUT2D eigenvalue weighted by molar-refractivity contribution is 0.748. The van der Waals surface area contributed by atoms with Crippen LogP contribution in [-0.4, -0.2) is 19.5 Å². The summed E-state index contributed by atoms with van der Waals surface area (Å²) < 4.78 is 1.63. The molecular weight excluding hydrogens is 336 g/mol. The molecule has 0 N–H and O–H groups in total. The molecule has 4 aromatic rings. The average Bonchev–Trinajstić information content (AvgIpc) is 3.18. The van der Waals surface area contributed by atoms with Crippen LogP contribution in [0.3, 0.4) is 0 Å². The summed E-state index contributed by atoms with van der Waals surface area (Å²) in [4.78, 5) is 25.6. The Morgan fingerprint density at radius 3 is 2.96 bits per heavy atom. The molecule has 0 unspecified atom stereocenters. The van der Waals surface area contributed by atoms with Crippen LogP contribution in [0.2, 0.25) is 0 Å². The van der Waals surface area contributed by atoms with E-state index in [1.807, 2.05) is 18.3 Å². The monoisotopic (exact) mass is 352 g/mol. The van der Waals surface area contributed by atoms with Gasteiger partial charge in [-0.2, -0.15) is 0 Å². The van der Waals surface area contributed by atoms with Crippen molar-refractivity contribution >= 4 is 17.0 Å². The second-order valence-corrected chi connectivity index (χ2v) is 6.64. The van der Waals surface area contributed by atoms with Gasteiger partial charge in [0.25, 0.3) is 5.56 Å². The number of hydrogen-bond donors (Lipinski definition) is 0. The first kappa shape index (κ1) is 15.6. The van der Waals surface area contributed by atoms with Crippen molar-refractivity contribution in [3.05, 3.63) is 94.6 Å². The number of hydrogen-bond acceptors (Lipinski definition) is 4. The van der Waals surface area contributed by atoms with Crippen molar-refractivity contribution in [1.82, 2.24) is 19.5 Å². The third-order valence-electron chi connectivity index (χ3n) is 4.85. The highest BCUT2D eigenvalue weighted by atomic mass is 16.1. The molecule has 3 heterocycles. The molecule has 0 aliphatic heterocycles. The van der Waals surface area contributed by atoms with Gasteiger partial charge in [-0.15, -0.1) is 0 Å². The highest BCUT2D eigenvalue weighted by Gasteiger charge is 2.09. The van der Waals surface area contributed by atoms with Crippen LogP contribution in [0.5, 0.6) is 0 Å². The molecule has 130 valence electrons. The molecule has 1 aromatic carbocycles. The summed E-state index contributed by atoms with van der Waals surface area (Å²) in [6, 6.07) is 12.1. The molecule has 0 spiro atoms. The molecular formula is C22H16N4O. The fraction of sp³-hybridized carbons (Fsp3) is 0.0909. The summed E-state index contributed by atoms with van der Waals surface area (Å²) in [6.45, 7) is 0.468. The Hall–Kier alpha value is -3.60. The molecule has 0 saturated carbocycles. The predicted molar refractivity (Wildman–Crippen MR) is 105 cm³/mol. The van der Waals surface area contributed by atoms with E-state index in [-0.39, 0.29) is 5.56 Å². The molecule has 1 aliphatic carbocycles. The molecule has 5 nitrogen and oxygen atoms in total. The Labute approximate surface area is 155 Å². The summed E-state index contributed by atoms with van der Waals surface area (Å²) >= 11 is 0. The Kier molecular flexibility index (Phi) is 3.64. The van der Waals surface area contributed by atoms with Gasteiger partial charge in [-0.1, -0.05) is 30.4 Å². The maximum atomic E-state index is 12.7. The first-order valence-electron chi connectivity index (χ1n) is 8.82. The quantitative estimate of drug-likeness (QED) is 0.566. The van der Waals surface area contributed by atoms with Crippen molar-refractivity contribution in [3.8, 4) is 11.1 Å². The number of allylic oxidation sites excluding steroid dienone is 1. The minimum absolute atomic E-state index is 0.0582. The van der Waals surface area contributed by atoms with E-state index in [1.165, 1.54) is 5.56 Å². The number of aromatic nitrogens is 4. The normalized spacial score (nSPS) is 12.4. The molecule has 0 atom stereocenters. The van der Waals surface area contributed by atoms with Gasteiger partial charge >= 0.3 is 0 Å². The molecule has 3 aromatic heterocycles. The highest BCUT2D eigenvalue weighted by Crippen LogP contribution is 2.25. The molecule has 27 heavy (non-hydrogen) atoms. The van der Waals surface area contributed by atoms with Crippen molar-refractivity contribution in [3.63, 3.8) is 0 Å². The van der Waals surface area contributed by atoms with Gasteiger partial charge in [-0.25, -0.2) is 4.98 Å². The molecule has 5 heteroatoms. The Morgan fingerprint density at radius 2 is 2.00 bits per heavy atom. The van der Waals surface area contributed by atoms with Gasteiger partial charge in [-0.05, 0) is 34.9 Å². The summed E-state index contributed by atoms with van der Waals surface area (Å²) in [5.41, 5.74) is 6.08. The van der Waals surface area contributed by atoms with Crippen LogP contribution in [-0.2, 0) is 13.0 Å². The number of nitrogens with zero attached hydrogens (tertiary/aromatic N) is 4. The van der Waals surface area contributed by atoms with Crippen molar-refractivity contribution < 1.29 is 0 Å². The lowest BCUT2D eigenvalue weighted by atomic mass is 10.0. The molecule has 0 radical (unpaired) electrons. The zero-order valence-electron chi connectivity index (χ0n) is 14.5. The maximum Gasteiger partial charge on any atom is 0.261 e. The molecule has 0 fully saturated rings. The van der Waals surface area contributed by atoms with E-state index in [4.69, 9.17) is 0 Å². The maximum absolute atomic E-state index is 12.7. The fourth-order valence-corrected chi connectivity index (χ4v) is 3.45. The van der Waals surface area contributed by atoms with Gasteiger partial charge in [-0.3, -0.25) is 19.3 Å². The van der Waals surface area contributed by atoms with Crippen molar-refractivity contribution in [2.45, 2.75) is 13.0 Å². The van der Waals surface area contributed by atoms with E-state index in [2.05, 4.69) is 45.3 Å². The zero-order valence-corrected chi connectivity index (χ0v) is 14.5. The number of benzene rings is 1. The average molecular weight is 352 g/mol. The van der Waals surface area contributed by atoms with Crippen LogP contribution >= 0.6 is 0 Å². The van der Waals surface area contributed by atoms with Crippen LogP contribution < -0.4 is 5.56 Å². The Balaban J connectivity index is 1.50. The fourth-order valence-electron chi connectivity index (χ4n) is 3.45. The van der Waals surface area contributed by atoms with Crippen LogP contribution in [0.1, 0.15) is 16.8 Å². The van der Waals surface area contributed by atoms with E-state index in [0.29, 0.717) is 17.4 Å². The van der Waals surface area contributed by atoms with Crippen LogP contribution in [0.4, 0.5) is 0 Å². The minimum Gasteiger partial charge on any atom is -0.294 e. The van der Waals surface area contributed by atoms with Crippen LogP contribution in [0.15, 0.2) is 72.2 Å². The molecule has 0 saturated heterocycles. The second kappa shape index (κ2) is 6.29. The lowest BCUT2D eigenvalue weighted by Crippen LogP contribution is -2.21.